The van der Waals surface area contributed by atoms with Gasteiger partial charge in [-0.05, 0) is 61.6 Å². The molecule has 0 aromatic heterocycles. The van der Waals surface area contributed by atoms with Gasteiger partial charge in [-0.1, -0.05) is 18.2 Å². The van der Waals surface area contributed by atoms with E-state index in [0.29, 0.717) is 38.2 Å². The van der Waals surface area contributed by atoms with Crippen LogP contribution in [0.3, 0.4) is 0 Å². The molecule has 2 heterocycles. The van der Waals surface area contributed by atoms with Crippen LogP contribution in [-0.2, 0) is 23.5 Å². The van der Waals surface area contributed by atoms with Gasteiger partial charge in [0.1, 0.15) is 0 Å². The Morgan fingerprint density at radius 3 is 2.02 bits per heavy atom. The first-order valence-corrected chi connectivity index (χ1v) is 13.5. The smallest absolute Gasteiger partial charge is 0.380 e. The van der Waals surface area contributed by atoms with Gasteiger partial charge in [-0.3, -0.25) is 14.6 Å². The lowest BCUT2D eigenvalue weighted by Gasteiger charge is -2.42. The molecule has 2 aromatic rings. The van der Waals surface area contributed by atoms with Crippen LogP contribution in [0.5, 0.6) is 0 Å². The largest absolute Gasteiger partial charge is 0.416 e. The van der Waals surface area contributed by atoms with E-state index in [1.54, 1.807) is 0 Å². The van der Waals surface area contributed by atoms with Crippen molar-refractivity contribution >= 4 is 43.1 Å². The summed E-state index contributed by atoms with van der Waals surface area (Å²) >= 11 is 0. The van der Waals surface area contributed by atoms with E-state index in [4.69, 9.17) is 4.74 Å². The molecule has 0 bridgehead atoms. The van der Waals surface area contributed by atoms with Crippen LogP contribution in [-0.4, -0.2) is 85.7 Å². The normalized spacial score (nSPS) is 18.6. The van der Waals surface area contributed by atoms with E-state index in [1.165, 1.54) is 4.90 Å². The minimum absolute atomic E-state index is 0. The first-order chi connectivity index (χ1) is 18.8. The lowest BCUT2D eigenvalue weighted by Crippen LogP contribution is -2.57. The third kappa shape index (κ3) is 10.7. The zero-order chi connectivity index (χ0) is 29.1. The molecular formula is C29H38Cl3F6N3O2. The molecule has 0 radical (unpaired) electrons. The number of nitrogens with zero attached hydrogens (tertiary/aromatic N) is 3. The summed E-state index contributed by atoms with van der Waals surface area (Å²) in [5, 5.41) is 0. The highest BCUT2D eigenvalue weighted by Crippen LogP contribution is 2.37. The fraction of sp³-hybridized carbons (Fsp3) is 0.552. The number of halogens is 9. The fourth-order valence-corrected chi connectivity index (χ4v) is 5.32. The second-order valence-electron chi connectivity index (χ2n) is 10.7. The Bertz CT molecular complexity index is 1160. The molecule has 43 heavy (non-hydrogen) atoms. The summed E-state index contributed by atoms with van der Waals surface area (Å²) in [5.74, 6) is -0.824. The van der Waals surface area contributed by atoms with Crippen molar-refractivity contribution in [1.82, 2.24) is 14.7 Å². The summed E-state index contributed by atoms with van der Waals surface area (Å²) < 4.78 is 86.4. The molecule has 4 rings (SSSR count). The average molecular weight is 681 g/mol. The van der Waals surface area contributed by atoms with E-state index in [-0.39, 0.29) is 49.8 Å². The maximum atomic E-state index is 13.6. The third-order valence-electron chi connectivity index (χ3n) is 7.75. The number of hydrogen-bond acceptors (Lipinski definition) is 4. The number of rotatable bonds is 6. The number of alkyl halides is 6. The van der Waals surface area contributed by atoms with Crippen molar-refractivity contribution in [2.75, 3.05) is 59.0 Å². The van der Waals surface area contributed by atoms with Gasteiger partial charge in [0.25, 0.3) is 5.91 Å². The predicted octanol–water partition coefficient (Wildman–Crippen LogP) is 6.70. The Hall–Kier alpha value is -1.76. The Morgan fingerprint density at radius 2 is 1.42 bits per heavy atom. The topological polar surface area (TPSA) is 36.0 Å². The van der Waals surface area contributed by atoms with Gasteiger partial charge in [-0.15, -0.1) is 37.2 Å². The second kappa shape index (κ2) is 16.5. The molecule has 2 aliphatic heterocycles. The standard InChI is InChI=1S/C29H35F6N3O2.3ClH/c1-20-4-5-22(14-21(20)2)15-26-19-37(8-7-36-6-3-12-40-13-11-36)9-10-38(26)27(39)23-16-24(28(30,31)32)18-25(17-23)29(33,34)35;;;/h4-5,14,16-18,26H,3,6-13,15,19H2,1-2H3;3*1H/t26-;;;/m1.../s1. The Balaban J connectivity index is 0.00000308. The Labute approximate surface area is 267 Å². The van der Waals surface area contributed by atoms with Gasteiger partial charge in [0, 0.05) is 64.0 Å². The molecule has 14 heteroatoms. The molecule has 1 amide bonds. The van der Waals surface area contributed by atoms with Crippen molar-refractivity contribution in [3.63, 3.8) is 0 Å². The highest BCUT2D eigenvalue weighted by molar-refractivity contribution is 5.95. The molecule has 2 aromatic carbocycles. The quantitative estimate of drug-likeness (QED) is 0.319. The third-order valence-corrected chi connectivity index (χ3v) is 7.75. The number of amides is 1. The van der Waals surface area contributed by atoms with Crippen molar-refractivity contribution in [2.45, 2.75) is 45.1 Å². The lowest BCUT2D eigenvalue weighted by atomic mass is 9.97. The minimum Gasteiger partial charge on any atom is -0.380 e. The highest BCUT2D eigenvalue weighted by atomic mass is 35.5. The molecule has 0 spiro atoms. The minimum atomic E-state index is -5.02. The van der Waals surface area contributed by atoms with Crippen LogP contribution >= 0.6 is 37.2 Å². The SMILES string of the molecule is Cc1ccc(C[C@@H]2CN(CCN3CCCOCC3)CCN2C(=O)c2cc(C(F)(F)F)cc(C(F)(F)F)c2)cc1C.Cl.Cl.Cl. The zero-order valence-corrected chi connectivity index (χ0v) is 26.4. The first kappa shape index (κ1) is 39.3. The number of aryl methyl sites for hydroxylation is 2. The molecule has 0 aliphatic carbocycles. The van der Waals surface area contributed by atoms with E-state index < -0.39 is 41.0 Å². The van der Waals surface area contributed by atoms with Crippen molar-refractivity contribution in [2.24, 2.45) is 0 Å². The van der Waals surface area contributed by atoms with Crippen molar-refractivity contribution in [3.05, 3.63) is 69.8 Å². The molecular weight excluding hydrogens is 643 g/mol. The summed E-state index contributed by atoms with van der Waals surface area (Å²) in [4.78, 5) is 19.6. The van der Waals surface area contributed by atoms with Crippen LogP contribution in [0.25, 0.3) is 0 Å². The molecule has 2 saturated heterocycles. The van der Waals surface area contributed by atoms with Gasteiger partial charge in [-0.2, -0.15) is 26.3 Å². The van der Waals surface area contributed by atoms with Crippen molar-refractivity contribution in [1.29, 1.82) is 0 Å². The van der Waals surface area contributed by atoms with Gasteiger partial charge < -0.3 is 9.64 Å². The van der Waals surface area contributed by atoms with E-state index in [0.717, 1.165) is 55.9 Å². The van der Waals surface area contributed by atoms with E-state index in [1.807, 2.05) is 32.0 Å². The number of benzene rings is 2. The van der Waals surface area contributed by atoms with E-state index in [9.17, 15) is 31.1 Å². The number of hydrogen-bond donors (Lipinski definition) is 0. The van der Waals surface area contributed by atoms with E-state index >= 15 is 0 Å². The lowest BCUT2D eigenvalue weighted by molar-refractivity contribution is -0.143. The van der Waals surface area contributed by atoms with E-state index in [2.05, 4.69) is 9.80 Å². The number of ether oxygens (including phenoxy) is 1. The number of carbonyl (C=O) groups excluding carboxylic acids is 1. The number of piperazine rings is 1. The molecule has 0 unspecified atom stereocenters. The summed E-state index contributed by atoms with van der Waals surface area (Å²) in [6.45, 7) is 9.84. The molecule has 2 fully saturated rings. The monoisotopic (exact) mass is 679 g/mol. The zero-order valence-electron chi connectivity index (χ0n) is 24.0. The summed E-state index contributed by atoms with van der Waals surface area (Å²) in [6, 6.07) is 6.63. The van der Waals surface area contributed by atoms with Gasteiger partial charge in [0.15, 0.2) is 0 Å². The summed E-state index contributed by atoms with van der Waals surface area (Å²) in [5.41, 5.74) is -0.457. The highest BCUT2D eigenvalue weighted by Gasteiger charge is 2.39. The fourth-order valence-electron chi connectivity index (χ4n) is 5.32. The first-order valence-electron chi connectivity index (χ1n) is 13.5. The van der Waals surface area contributed by atoms with Crippen LogP contribution in [0.2, 0.25) is 0 Å². The van der Waals surface area contributed by atoms with Gasteiger partial charge in [-0.25, -0.2) is 0 Å². The molecule has 2 aliphatic rings. The van der Waals surface area contributed by atoms with Crippen molar-refractivity contribution < 1.29 is 35.9 Å². The van der Waals surface area contributed by atoms with Crippen LogP contribution in [0.1, 0.15) is 44.6 Å². The van der Waals surface area contributed by atoms with Crippen LogP contribution in [0.4, 0.5) is 26.3 Å². The van der Waals surface area contributed by atoms with Gasteiger partial charge in [0.05, 0.1) is 17.7 Å². The van der Waals surface area contributed by atoms with Crippen LogP contribution in [0, 0.1) is 13.8 Å². The van der Waals surface area contributed by atoms with Crippen molar-refractivity contribution in [3.8, 4) is 0 Å². The summed E-state index contributed by atoms with van der Waals surface area (Å²) in [6.07, 6.45) is -8.65. The Morgan fingerprint density at radius 1 is 0.791 bits per heavy atom. The van der Waals surface area contributed by atoms with Crippen LogP contribution < -0.4 is 0 Å². The van der Waals surface area contributed by atoms with Gasteiger partial charge in [0.2, 0.25) is 0 Å². The predicted molar refractivity (Wildman–Crippen MR) is 161 cm³/mol. The molecule has 5 nitrogen and oxygen atoms in total. The summed E-state index contributed by atoms with van der Waals surface area (Å²) in [7, 11) is 0. The van der Waals surface area contributed by atoms with Gasteiger partial charge >= 0.3 is 12.4 Å². The molecule has 244 valence electrons. The molecule has 0 N–H and O–H groups in total. The molecule has 1 atom stereocenters. The maximum absolute atomic E-state index is 13.6. The molecule has 0 saturated carbocycles. The Kier molecular flexibility index (Phi) is 15.1. The average Bonchev–Trinajstić information content (AvgIpc) is 3.17. The number of carbonyl (C=O) groups is 1. The second-order valence-corrected chi connectivity index (χ2v) is 10.7. The van der Waals surface area contributed by atoms with Crippen LogP contribution in [0.15, 0.2) is 36.4 Å². The maximum Gasteiger partial charge on any atom is 0.416 e.